The van der Waals surface area contributed by atoms with Gasteiger partial charge in [-0.2, -0.15) is 0 Å². The third-order valence-electron chi connectivity index (χ3n) is 3.28. The molecule has 1 aromatic rings. The summed E-state index contributed by atoms with van der Waals surface area (Å²) in [4.78, 5) is 25.1. The fraction of sp³-hybridized carbons (Fsp3) is 0.636. The van der Waals surface area contributed by atoms with Crippen molar-refractivity contribution >= 4 is 11.5 Å². The van der Waals surface area contributed by atoms with Crippen molar-refractivity contribution in [1.82, 2.24) is 9.55 Å². The molecule has 4 N–H and O–H groups in total. The van der Waals surface area contributed by atoms with Crippen molar-refractivity contribution in [3.8, 4) is 0 Å². The number of aromatic amines is 1. The summed E-state index contributed by atoms with van der Waals surface area (Å²) in [5.41, 5.74) is 5.15. The second kappa shape index (κ2) is 4.27. The van der Waals surface area contributed by atoms with Crippen LogP contribution in [0.15, 0.2) is 9.59 Å². The molecule has 0 amide bonds. The molecule has 94 valence electrons. The van der Waals surface area contributed by atoms with Crippen LogP contribution in [-0.4, -0.2) is 15.6 Å². The number of hydrogen-bond acceptors (Lipinski definition) is 4. The molecule has 1 aliphatic rings. The quantitative estimate of drug-likeness (QED) is 0.701. The Hall–Kier alpha value is -1.72. The van der Waals surface area contributed by atoms with Gasteiger partial charge in [-0.1, -0.05) is 13.3 Å². The van der Waals surface area contributed by atoms with E-state index in [-0.39, 0.29) is 5.82 Å². The summed E-state index contributed by atoms with van der Waals surface area (Å²) < 4.78 is 1.24. The molecule has 2 unspecified atom stereocenters. The summed E-state index contributed by atoms with van der Waals surface area (Å²) >= 11 is 0. The predicted molar refractivity (Wildman–Crippen MR) is 67.1 cm³/mol. The highest BCUT2D eigenvalue weighted by Gasteiger charge is 2.36. The second-order valence-electron chi connectivity index (χ2n) is 4.61. The molecule has 2 rings (SSSR count). The lowest BCUT2D eigenvalue weighted by atomic mass is 10.2. The Labute approximate surface area is 98.8 Å². The van der Waals surface area contributed by atoms with E-state index in [1.165, 1.54) is 11.6 Å². The van der Waals surface area contributed by atoms with Crippen molar-refractivity contribution in [3.63, 3.8) is 0 Å². The van der Waals surface area contributed by atoms with Crippen LogP contribution in [-0.2, 0) is 7.05 Å². The SMILES string of the molecule is CCCC1CC1Nc1c(N)n(C)c(=O)[nH]c1=O. The fourth-order valence-electron chi connectivity index (χ4n) is 2.08. The van der Waals surface area contributed by atoms with Gasteiger partial charge in [-0.3, -0.25) is 14.3 Å². The molecule has 0 bridgehead atoms. The van der Waals surface area contributed by atoms with Crippen LogP contribution in [0, 0.1) is 5.92 Å². The molecule has 2 atom stereocenters. The molecule has 0 saturated heterocycles. The van der Waals surface area contributed by atoms with E-state index < -0.39 is 11.2 Å². The maximum absolute atomic E-state index is 11.6. The first-order valence-electron chi connectivity index (χ1n) is 5.90. The summed E-state index contributed by atoms with van der Waals surface area (Å²) in [7, 11) is 1.54. The number of anilines is 2. The number of nitrogens with one attached hydrogen (secondary N) is 2. The van der Waals surface area contributed by atoms with Gasteiger partial charge in [-0.25, -0.2) is 4.79 Å². The van der Waals surface area contributed by atoms with Gasteiger partial charge < -0.3 is 11.1 Å². The molecular formula is C11H18N4O2. The second-order valence-corrected chi connectivity index (χ2v) is 4.61. The van der Waals surface area contributed by atoms with E-state index in [9.17, 15) is 9.59 Å². The van der Waals surface area contributed by atoms with Crippen LogP contribution >= 0.6 is 0 Å². The van der Waals surface area contributed by atoms with Crippen LogP contribution in [0.2, 0.25) is 0 Å². The number of H-pyrrole nitrogens is 1. The van der Waals surface area contributed by atoms with Crippen molar-refractivity contribution in [3.05, 3.63) is 20.8 Å². The van der Waals surface area contributed by atoms with Gasteiger partial charge in [0.25, 0.3) is 5.56 Å². The highest BCUT2D eigenvalue weighted by atomic mass is 16.2. The number of nitrogen functional groups attached to an aromatic ring is 1. The highest BCUT2D eigenvalue weighted by molar-refractivity contribution is 5.61. The summed E-state index contributed by atoms with van der Waals surface area (Å²) in [5.74, 6) is 0.817. The van der Waals surface area contributed by atoms with Gasteiger partial charge in [-0.15, -0.1) is 0 Å². The van der Waals surface area contributed by atoms with Gasteiger partial charge in [0.05, 0.1) is 0 Å². The third kappa shape index (κ3) is 2.20. The van der Waals surface area contributed by atoms with Crippen LogP contribution in [0.1, 0.15) is 26.2 Å². The lowest BCUT2D eigenvalue weighted by Gasteiger charge is -2.10. The summed E-state index contributed by atoms with van der Waals surface area (Å²) in [6.45, 7) is 2.14. The average molecular weight is 238 g/mol. The first kappa shape index (κ1) is 11.8. The van der Waals surface area contributed by atoms with E-state index in [1.54, 1.807) is 0 Å². The van der Waals surface area contributed by atoms with Gasteiger partial charge in [0.1, 0.15) is 11.5 Å². The van der Waals surface area contributed by atoms with Crippen LogP contribution in [0.4, 0.5) is 11.5 Å². The molecule has 6 nitrogen and oxygen atoms in total. The Balaban J connectivity index is 2.20. The number of aromatic nitrogens is 2. The molecule has 0 radical (unpaired) electrons. The smallest absolute Gasteiger partial charge is 0.329 e. The van der Waals surface area contributed by atoms with Crippen LogP contribution < -0.4 is 22.3 Å². The minimum Gasteiger partial charge on any atom is -0.383 e. The van der Waals surface area contributed by atoms with E-state index >= 15 is 0 Å². The minimum atomic E-state index is -0.487. The van der Waals surface area contributed by atoms with Gasteiger partial charge in [0, 0.05) is 13.1 Å². The zero-order chi connectivity index (χ0) is 12.6. The lowest BCUT2D eigenvalue weighted by molar-refractivity contribution is 0.692. The number of nitrogens with two attached hydrogens (primary N) is 1. The Morgan fingerprint density at radius 1 is 1.53 bits per heavy atom. The summed E-state index contributed by atoms with van der Waals surface area (Å²) in [6.07, 6.45) is 3.36. The van der Waals surface area contributed by atoms with Gasteiger partial charge >= 0.3 is 5.69 Å². The van der Waals surface area contributed by atoms with Crippen molar-refractivity contribution in [2.75, 3.05) is 11.1 Å². The minimum absolute atomic E-state index is 0.195. The van der Waals surface area contributed by atoms with Crippen molar-refractivity contribution in [2.24, 2.45) is 13.0 Å². The highest BCUT2D eigenvalue weighted by Crippen LogP contribution is 2.37. The van der Waals surface area contributed by atoms with Gasteiger partial charge in [-0.05, 0) is 18.8 Å². The van der Waals surface area contributed by atoms with E-state index in [4.69, 9.17) is 5.73 Å². The topological polar surface area (TPSA) is 92.9 Å². The van der Waals surface area contributed by atoms with Crippen LogP contribution in [0.25, 0.3) is 0 Å². The molecule has 1 aliphatic carbocycles. The summed E-state index contributed by atoms with van der Waals surface area (Å²) in [5, 5.41) is 3.13. The standard InChI is InChI=1S/C11H18N4O2/c1-3-4-6-5-7(6)13-8-9(12)15(2)11(17)14-10(8)16/h6-7,13H,3-5,12H2,1-2H3,(H,14,16,17). The number of hydrogen-bond donors (Lipinski definition) is 3. The Morgan fingerprint density at radius 2 is 2.24 bits per heavy atom. The Kier molecular flexibility index (Phi) is 2.95. The van der Waals surface area contributed by atoms with Crippen molar-refractivity contribution in [1.29, 1.82) is 0 Å². The monoisotopic (exact) mass is 238 g/mol. The van der Waals surface area contributed by atoms with Crippen LogP contribution in [0.3, 0.4) is 0 Å². The average Bonchev–Trinajstić information content (AvgIpc) is 3.01. The molecule has 0 aromatic carbocycles. The molecule has 1 aromatic heterocycles. The molecular weight excluding hydrogens is 220 g/mol. The Morgan fingerprint density at radius 3 is 2.88 bits per heavy atom. The molecule has 6 heteroatoms. The Bertz CT molecular complexity index is 531. The van der Waals surface area contributed by atoms with E-state index in [0.717, 1.165) is 19.3 Å². The zero-order valence-electron chi connectivity index (χ0n) is 10.1. The largest absolute Gasteiger partial charge is 0.383 e. The molecule has 0 aliphatic heterocycles. The van der Waals surface area contributed by atoms with E-state index in [2.05, 4.69) is 17.2 Å². The maximum atomic E-state index is 11.6. The molecule has 1 saturated carbocycles. The number of nitrogens with zero attached hydrogens (tertiary/aromatic N) is 1. The maximum Gasteiger partial charge on any atom is 0.329 e. The van der Waals surface area contributed by atoms with E-state index in [1.807, 2.05) is 0 Å². The first-order chi connectivity index (χ1) is 8.04. The summed E-state index contributed by atoms with van der Waals surface area (Å²) in [6, 6.07) is 0.316. The normalized spacial score (nSPS) is 22.5. The zero-order valence-corrected chi connectivity index (χ0v) is 10.1. The van der Waals surface area contributed by atoms with Crippen LogP contribution in [0.5, 0.6) is 0 Å². The number of rotatable bonds is 4. The first-order valence-corrected chi connectivity index (χ1v) is 5.90. The third-order valence-corrected chi connectivity index (χ3v) is 3.28. The van der Waals surface area contributed by atoms with Crippen molar-refractivity contribution in [2.45, 2.75) is 32.2 Å². The van der Waals surface area contributed by atoms with Gasteiger partial charge in [0.15, 0.2) is 0 Å². The van der Waals surface area contributed by atoms with Crippen molar-refractivity contribution < 1.29 is 0 Å². The molecule has 0 spiro atoms. The lowest BCUT2D eigenvalue weighted by Crippen LogP contribution is -2.33. The molecule has 1 heterocycles. The predicted octanol–water partition coefficient (Wildman–Crippen LogP) is 0.256. The van der Waals surface area contributed by atoms with Gasteiger partial charge in [0.2, 0.25) is 0 Å². The fourth-order valence-corrected chi connectivity index (χ4v) is 2.08. The van der Waals surface area contributed by atoms with E-state index in [0.29, 0.717) is 17.6 Å². The molecule has 1 fully saturated rings. The molecule has 17 heavy (non-hydrogen) atoms.